The Labute approximate surface area is 210 Å². The van der Waals surface area contributed by atoms with Crippen LogP contribution >= 0.6 is 11.6 Å². The second kappa shape index (κ2) is 10.3. The molecule has 4 aromatic rings. The van der Waals surface area contributed by atoms with Crippen LogP contribution in [0.15, 0.2) is 95.9 Å². The number of hydrogen-bond acceptors (Lipinski definition) is 4. The first-order valence-corrected chi connectivity index (χ1v) is 12.3. The summed E-state index contributed by atoms with van der Waals surface area (Å²) in [5, 5.41) is 2.44. The lowest BCUT2D eigenvalue weighted by atomic mass is 10.0. The van der Waals surface area contributed by atoms with Crippen LogP contribution in [-0.2, 0) is 10.0 Å². The van der Waals surface area contributed by atoms with Crippen molar-refractivity contribution in [1.29, 1.82) is 0 Å². The van der Waals surface area contributed by atoms with E-state index in [4.69, 9.17) is 11.6 Å². The molecule has 0 radical (unpaired) electrons. The van der Waals surface area contributed by atoms with Crippen LogP contribution in [0, 0.1) is 11.6 Å². The summed E-state index contributed by atoms with van der Waals surface area (Å²) in [7, 11) is -4.35. The number of benzene rings is 4. The first kappa shape index (κ1) is 25.0. The number of nitrogens with one attached hydrogen (secondary N) is 2. The number of ketones is 1. The summed E-state index contributed by atoms with van der Waals surface area (Å²) in [4.78, 5) is 24.8. The molecule has 4 rings (SSSR count). The molecule has 36 heavy (non-hydrogen) atoms. The molecular formula is C26H17ClF2N2O4S. The smallest absolute Gasteiger partial charge is 0.262 e. The highest BCUT2D eigenvalue weighted by Gasteiger charge is 2.22. The van der Waals surface area contributed by atoms with Crippen molar-refractivity contribution in [2.45, 2.75) is 4.90 Å². The zero-order valence-electron chi connectivity index (χ0n) is 18.3. The predicted octanol–water partition coefficient (Wildman–Crippen LogP) is 5.90. The largest absolute Gasteiger partial charge is 0.319 e. The molecule has 1 amide bonds. The highest BCUT2D eigenvalue weighted by atomic mass is 35.5. The lowest BCUT2D eigenvalue weighted by Gasteiger charge is -2.14. The van der Waals surface area contributed by atoms with Gasteiger partial charge in [-0.25, -0.2) is 17.2 Å². The quantitative estimate of drug-likeness (QED) is 0.293. The Balaban J connectivity index is 1.60. The third kappa shape index (κ3) is 5.42. The number of anilines is 2. The fourth-order valence-corrected chi connectivity index (χ4v) is 4.60. The van der Waals surface area contributed by atoms with Gasteiger partial charge in [-0.2, -0.15) is 0 Å². The van der Waals surface area contributed by atoms with Crippen LogP contribution in [0.1, 0.15) is 26.3 Å². The summed E-state index contributed by atoms with van der Waals surface area (Å²) in [6, 6.07) is 20.2. The van der Waals surface area contributed by atoms with E-state index in [1.807, 2.05) is 0 Å². The first-order chi connectivity index (χ1) is 17.2. The van der Waals surface area contributed by atoms with E-state index in [0.29, 0.717) is 11.6 Å². The van der Waals surface area contributed by atoms with Gasteiger partial charge in [-0.1, -0.05) is 54.1 Å². The molecule has 0 fully saturated rings. The maximum atomic E-state index is 14.7. The van der Waals surface area contributed by atoms with E-state index in [1.54, 1.807) is 30.3 Å². The van der Waals surface area contributed by atoms with Gasteiger partial charge in [-0.05, 0) is 48.5 Å². The molecule has 0 aromatic heterocycles. The fourth-order valence-electron chi connectivity index (χ4n) is 3.34. The fraction of sp³-hybridized carbons (Fsp3) is 0. The number of carbonyl (C=O) groups is 2. The molecule has 0 saturated heterocycles. The minimum atomic E-state index is -4.35. The Morgan fingerprint density at radius 3 is 2.08 bits per heavy atom. The van der Waals surface area contributed by atoms with Crippen molar-refractivity contribution in [3.63, 3.8) is 0 Å². The van der Waals surface area contributed by atoms with Crippen molar-refractivity contribution in [1.82, 2.24) is 0 Å². The molecule has 0 aliphatic heterocycles. The highest BCUT2D eigenvalue weighted by molar-refractivity contribution is 7.92. The number of hydrogen-bond donors (Lipinski definition) is 2. The summed E-state index contributed by atoms with van der Waals surface area (Å²) in [5.74, 6) is -3.21. The number of amides is 1. The Morgan fingerprint density at radius 1 is 0.722 bits per heavy atom. The number of halogens is 3. The normalized spacial score (nSPS) is 11.1. The van der Waals surface area contributed by atoms with E-state index < -0.39 is 38.2 Å². The van der Waals surface area contributed by atoms with Gasteiger partial charge in [-0.15, -0.1) is 0 Å². The second-order valence-corrected chi connectivity index (χ2v) is 9.69. The average Bonchev–Trinajstić information content (AvgIpc) is 2.86. The minimum absolute atomic E-state index is 0.00604. The maximum Gasteiger partial charge on any atom is 0.262 e. The van der Waals surface area contributed by atoms with Gasteiger partial charge in [0.15, 0.2) is 5.78 Å². The molecule has 6 nitrogen and oxygen atoms in total. The minimum Gasteiger partial charge on any atom is -0.319 e. The van der Waals surface area contributed by atoms with Crippen molar-refractivity contribution in [2.75, 3.05) is 10.0 Å². The summed E-state index contributed by atoms with van der Waals surface area (Å²) in [6.45, 7) is 0. The van der Waals surface area contributed by atoms with Gasteiger partial charge in [0, 0.05) is 16.1 Å². The van der Waals surface area contributed by atoms with Crippen LogP contribution in [0.5, 0.6) is 0 Å². The van der Waals surface area contributed by atoms with E-state index in [1.165, 1.54) is 36.4 Å². The Morgan fingerprint density at radius 2 is 1.39 bits per heavy atom. The van der Waals surface area contributed by atoms with Crippen LogP contribution in [0.2, 0.25) is 5.02 Å². The third-order valence-corrected chi connectivity index (χ3v) is 6.72. The number of rotatable bonds is 7. The van der Waals surface area contributed by atoms with Crippen LogP contribution in [0.3, 0.4) is 0 Å². The molecule has 0 heterocycles. The lowest BCUT2D eigenvalue weighted by molar-refractivity contribution is 0.101. The van der Waals surface area contributed by atoms with Crippen LogP contribution < -0.4 is 10.0 Å². The predicted molar refractivity (Wildman–Crippen MR) is 133 cm³/mol. The van der Waals surface area contributed by atoms with E-state index in [9.17, 15) is 26.8 Å². The molecule has 0 saturated carbocycles. The van der Waals surface area contributed by atoms with Crippen LogP contribution in [0.4, 0.5) is 20.2 Å². The van der Waals surface area contributed by atoms with Crippen LogP contribution in [0.25, 0.3) is 0 Å². The van der Waals surface area contributed by atoms with E-state index in [2.05, 4.69) is 10.0 Å². The van der Waals surface area contributed by atoms with Crippen molar-refractivity contribution in [3.8, 4) is 0 Å². The zero-order chi connectivity index (χ0) is 25.9. The van der Waals surface area contributed by atoms with Crippen molar-refractivity contribution in [3.05, 3.63) is 124 Å². The number of sulfonamides is 1. The van der Waals surface area contributed by atoms with Gasteiger partial charge in [0.1, 0.15) is 11.6 Å². The van der Waals surface area contributed by atoms with Crippen molar-refractivity contribution >= 4 is 44.7 Å². The molecule has 0 spiro atoms. The SMILES string of the molecule is O=C(Nc1ccc(S(=O)(=O)Nc2ccc(Cl)cc2C(=O)c2ccccc2)cc1F)c1ccccc1F. The summed E-state index contributed by atoms with van der Waals surface area (Å²) in [6.07, 6.45) is 0. The summed E-state index contributed by atoms with van der Waals surface area (Å²) < 4.78 is 56.8. The van der Waals surface area contributed by atoms with Gasteiger partial charge < -0.3 is 5.32 Å². The molecule has 0 bridgehead atoms. The van der Waals surface area contributed by atoms with Crippen molar-refractivity contribution < 1.29 is 26.8 Å². The summed E-state index contributed by atoms with van der Waals surface area (Å²) in [5.41, 5.74) is -0.361. The molecule has 182 valence electrons. The molecule has 2 N–H and O–H groups in total. The monoisotopic (exact) mass is 526 g/mol. The van der Waals surface area contributed by atoms with Gasteiger partial charge in [0.25, 0.3) is 15.9 Å². The Kier molecular flexibility index (Phi) is 7.14. The lowest BCUT2D eigenvalue weighted by Crippen LogP contribution is -2.17. The molecule has 0 aliphatic carbocycles. The average molecular weight is 527 g/mol. The zero-order valence-corrected chi connectivity index (χ0v) is 19.9. The molecular weight excluding hydrogens is 510 g/mol. The molecule has 10 heteroatoms. The van der Waals surface area contributed by atoms with Gasteiger partial charge in [-0.3, -0.25) is 14.3 Å². The standard InChI is InChI=1S/C26H17ClF2N2O4S/c27-17-10-12-23(20(14-17)25(32)16-6-2-1-3-7-16)31-36(34,35)18-11-13-24(22(29)15-18)30-26(33)19-8-4-5-9-21(19)28/h1-15,31H,(H,30,33). The van der Waals surface area contributed by atoms with Gasteiger partial charge in [0.2, 0.25) is 0 Å². The molecule has 0 atom stereocenters. The maximum absolute atomic E-state index is 14.7. The van der Waals surface area contributed by atoms with E-state index in [0.717, 1.165) is 18.2 Å². The Bertz CT molecular complexity index is 1580. The number of carbonyl (C=O) groups excluding carboxylic acids is 2. The van der Waals surface area contributed by atoms with E-state index in [-0.39, 0.29) is 27.5 Å². The molecule has 0 aliphatic rings. The summed E-state index contributed by atoms with van der Waals surface area (Å²) >= 11 is 6.03. The van der Waals surface area contributed by atoms with Crippen molar-refractivity contribution in [2.24, 2.45) is 0 Å². The topological polar surface area (TPSA) is 92.3 Å². The molecule has 4 aromatic carbocycles. The van der Waals surface area contributed by atoms with Gasteiger partial charge in [0.05, 0.1) is 21.8 Å². The van der Waals surface area contributed by atoms with Gasteiger partial charge >= 0.3 is 0 Å². The Hall–Kier alpha value is -4.08. The first-order valence-electron chi connectivity index (χ1n) is 10.4. The highest BCUT2D eigenvalue weighted by Crippen LogP contribution is 2.27. The van der Waals surface area contributed by atoms with Crippen LogP contribution in [-0.4, -0.2) is 20.1 Å². The van der Waals surface area contributed by atoms with E-state index >= 15 is 0 Å². The second-order valence-electron chi connectivity index (χ2n) is 7.57. The third-order valence-electron chi connectivity index (χ3n) is 5.12. The molecule has 0 unspecified atom stereocenters.